The van der Waals surface area contributed by atoms with Gasteiger partial charge >= 0.3 is 5.97 Å². The van der Waals surface area contributed by atoms with Crippen LogP contribution in [0.3, 0.4) is 0 Å². The minimum atomic E-state index is -0.561. The van der Waals surface area contributed by atoms with Gasteiger partial charge in [0.1, 0.15) is 0 Å². The lowest BCUT2D eigenvalue weighted by Gasteiger charge is -2.27. The van der Waals surface area contributed by atoms with Crippen LogP contribution in [0.1, 0.15) is 25.7 Å². The molecule has 1 unspecified atom stereocenters. The molecule has 2 N–H and O–H groups in total. The van der Waals surface area contributed by atoms with Crippen LogP contribution in [0, 0.1) is 17.8 Å². The van der Waals surface area contributed by atoms with E-state index in [-0.39, 0.29) is 5.92 Å². The van der Waals surface area contributed by atoms with Crippen LogP contribution < -0.4 is 5.32 Å². The van der Waals surface area contributed by atoms with E-state index in [1.54, 1.807) is 0 Å². The summed E-state index contributed by atoms with van der Waals surface area (Å²) in [5.74, 6) is 0.336. The van der Waals surface area contributed by atoms with Crippen molar-refractivity contribution in [2.45, 2.75) is 25.7 Å². The van der Waals surface area contributed by atoms with Crippen molar-refractivity contribution in [2.75, 3.05) is 13.1 Å². The fourth-order valence-electron chi connectivity index (χ4n) is 2.45. The first-order valence-corrected chi connectivity index (χ1v) is 5.22. The molecule has 0 amide bonds. The van der Waals surface area contributed by atoms with Crippen LogP contribution in [0.5, 0.6) is 0 Å². The van der Waals surface area contributed by atoms with Crippen LogP contribution in [0.4, 0.5) is 0 Å². The standard InChI is InChI=1S/C10H17NO2/c12-10(13)9(7-1-2-7)8-3-5-11-6-4-8/h7-9,11H,1-6H2,(H,12,13). The molecule has 2 aliphatic rings. The van der Waals surface area contributed by atoms with Gasteiger partial charge in [-0.25, -0.2) is 0 Å². The van der Waals surface area contributed by atoms with Gasteiger partial charge in [0.2, 0.25) is 0 Å². The van der Waals surface area contributed by atoms with Gasteiger partial charge in [0.25, 0.3) is 0 Å². The van der Waals surface area contributed by atoms with Gasteiger partial charge in [-0.2, -0.15) is 0 Å². The number of nitrogens with one attached hydrogen (secondary N) is 1. The number of carboxylic acids is 1. The van der Waals surface area contributed by atoms with Gasteiger partial charge in [0, 0.05) is 0 Å². The van der Waals surface area contributed by atoms with Crippen molar-refractivity contribution in [3.05, 3.63) is 0 Å². The quantitative estimate of drug-likeness (QED) is 0.688. The number of aliphatic carboxylic acids is 1. The molecule has 0 aromatic carbocycles. The van der Waals surface area contributed by atoms with Crippen LogP contribution in [0.15, 0.2) is 0 Å². The fraction of sp³-hybridized carbons (Fsp3) is 0.900. The molecule has 3 heteroatoms. The molecular weight excluding hydrogens is 166 g/mol. The Bertz CT molecular complexity index is 195. The van der Waals surface area contributed by atoms with E-state index < -0.39 is 5.97 Å². The van der Waals surface area contributed by atoms with Gasteiger partial charge in [-0.05, 0) is 50.6 Å². The topological polar surface area (TPSA) is 49.3 Å². The summed E-state index contributed by atoms with van der Waals surface area (Å²) in [6, 6.07) is 0. The Balaban J connectivity index is 1.96. The molecule has 2 fully saturated rings. The molecule has 2 rings (SSSR count). The van der Waals surface area contributed by atoms with Gasteiger partial charge in [-0.15, -0.1) is 0 Å². The Morgan fingerprint density at radius 2 is 1.69 bits per heavy atom. The lowest BCUT2D eigenvalue weighted by atomic mass is 9.82. The maximum atomic E-state index is 11.1. The van der Waals surface area contributed by atoms with E-state index in [1.807, 2.05) is 0 Å². The molecule has 0 bridgehead atoms. The molecule has 74 valence electrons. The summed E-state index contributed by atoms with van der Waals surface area (Å²) in [6.07, 6.45) is 4.38. The van der Waals surface area contributed by atoms with Crippen LogP contribution >= 0.6 is 0 Å². The summed E-state index contributed by atoms with van der Waals surface area (Å²) >= 11 is 0. The van der Waals surface area contributed by atoms with E-state index in [0.29, 0.717) is 11.8 Å². The van der Waals surface area contributed by atoms with Crippen molar-refractivity contribution < 1.29 is 9.90 Å². The average molecular weight is 183 g/mol. The highest BCUT2D eigenvalue weighted by Crippen LogP contribution is 2.42. The SMILES string of the molecule is O=C(O)C(C1CCNCC1)C1CC1. The van der Waals surface area contributed by atoms with Crippen LogP contribution in [-0.2, 0) is 4.79 Å². The summed E-state index contributed by atoms with van der Waals surface area (Å²) in [6.45, 7) is 2.00. The van der Waals surface area contributed by atoms with Crippen molar-refractivity contribution >= 4 is 5.97 Å². The summed E-state index contributed by atoms with van der Waals surface area (Å²) in [5, 5.41) is 12.4. The van der Waals surface area contributed by atoms with Crippen molar-refractivity contribution in [1.82, 2.24) is 5.32 Å². The molecule has 1 saturated heterocycles. The van der Waals surface area contributed by atoms with Crippen LogP contribution in [0.25, 0.3) is 0 Å². The minimum Gasteiger partial charge on any atom is -0.481 e. The minimum absolute atomic E-state index is 0.0397. The van der Waals surface area contributed by atoms with Gasteiger partial charge in [0.05, 0.1) is 5.92 Å². The van der Waals surface area contributed by atoms with Gasteiger partial charge in [-0.3, -0.25) is 4.79 Å². The van der Waals surface area contributed by atoms with Crippen molar-refractivity contribution in [3.8, 4) is 0 Å². The molecular formula is C10H17NO2. The molecule has 0 aromatic rings. The second-order valence-electron chi connectivity index (χ2n) is 4.29. The Kier molecular flexibility index (Phi) is 2.54. The first kappa shape index (κ1) is 9.00. The Labute approximate surface area is 78.5 Å². The molecule has 1 atom stereocenters. The van der Waals surface area contributed by atoms with E-state index in [1.165, 1.54) is 0 Å². The monoisotopic (exact) mass is 183 g/mol. The van der Waals surface area contributed by atoms with Gasteiger partial charge in [0.15, 0.2) is 0 Å². The number of piperidine rings is 1. The third kappa shape index (κ3) is 2.02. The van der Waals surface area contributed by atoms with Crippen molar-refractivity contribution in [2.24, 2.45) is 17.8 Å². The average Bonchev–Trinajstić information content (AvgIpc) is 2.90. The Hall–Kier alpha value is -0.570. The highest BCUT2D eigenvalue weighted by Gasteiger charge is 2.41. The molecule has 0 aromatic heterocycles. The molecule has 0 radical (unpaired) electrons. The van der Waals surface area contributed by atoms with Crippen LogP contribution in [0.2, 0.25) is 0 Å². The van der Waals surface area contributed by atoms with Gasteiger partial charge < -0.3 is 10.4 Å². The zero-order chi connectivity index (χ0) is 9.26. The summed E-state index contributed by atoms with van der Waals surface area (Å²) in [7, 11) is 0. The van der Waals surface area contributed by atoms with E-state index in [4.69, 9.17) is 5.11 Å². The first-order chi connectivity index (χ1) is 6.29. The van der Waals surface area contributed by atoms with E-state index in [2.05, 4.69) is 5.32 Å². The maximum absolute atomic E-state index is 11.1. The van der Waals surface area contributed by atoms with Crippen molar-refractivity contribution in [3.63, 3.8) is 0 Å². The largest absolute Gasteiger partial charge is 0.481 e. The summed E-state index contributed by atoms with van der Waals surface area (Å²) in [4.78, 5) is 11.1. The molecule has 1 saturated carbocycles. The highest BCUT2D eigenvalue weighted by atomic mass is 16.4. The third-order valence-corrected chi connectivity index (χ3v) is 3.31. The Morgan fingerprint density at radius 3 is 2.15 bits per heavy atom. The predicted molar refractivity (Wildman–Crippen MR) is 49.4 cm³/mol. The van der Waals surface area contributed by atoms with Gasteiger partial charge in [-0.1, -0.05) is 0 Å². The lowest BCUT2D eigenvalue weighted by molar-refractivity contribution is -0.145. The number of carboxylic acid groups (broad SMARTS) is 1. The molecule has 13 heavy (non-hydrogen) atoms. The molecule has 1 aliphatic carbocycles. The second kappa shape index (κ2) is 3.66. The summed E-state index contributed by atoms with van der Waals surface area (Å²) in [5.41, 5.74) is 0. The first-order valence-electron chi connectivity index (χ1n) is 5.22. The number of rotatable bonds is 3. The number of hydrogen-bond donors (Lipinski definition) is 2. The maximum Gasteiger partial charge on any atom is 0.307 e. The second-order valence-corrected chi connectivity index (χ2v) is 4.29. The molecule has 1 heterocycles. The smallest absolute Gasteiger partial charge is 0.307 e. The number of carbonyl (C=O) groups is 1. The zero-order valence-corrected chi connectivity index (χ0v) is 7.83. The predicted octanol–water partition coefficient (Wildman–Crippen LogP) is 1.10. The zero-order valence-electron chi connectivity index (χ0n) is 7.83. The molecule has 3 nitrogen and oxygen atoms in total. The fourth-order valence-corrected chi connectivity index (χ4v) is 2.45. The van der Waals surface area contributed by atoms with E-state index >= 15 is 0 Å². The highest BCUT2D eigenvalue weighted by molar-refractivity contribution is 5.71. The lowest BCUT2D eigenvalue weighted by Crippen LogP contribution is -2.35. The molecule has 0 spiro atoms. The number of hydrogen-bond acceptors (Lipinski definition) is 2. The van der Waals surface area contributed by atoms with E-state index in [9.17, 15) is 4.79 Å². The normalized spacial score (nSPS) is 27.1. The Morgan fingerprint density at radius 1 is 1.15 bits per heavy atom. The van der Waals surface area contributed by atoms with E-state index in [0.717, 1.165) is 38.8 Å². The summed E-state index contributed by atoms with van der Waals surface area (Å²) < 4.78 is 0. The van der Waals surface area contributed by atoms with Crippen LogP contribution in [-0.4, -0.2) is 24.2 Å². The molecule has 1 aliphatic heterocycles. The van der Waals surface area contributed by atoms with Crippen molar-refractivity contribution in [1.29, 1.82) is 0 Å². The third-order valence-electron chi connectivity index (χ3n) is 3.31.